The maximum atomic E-state index is 10.9. The van der Waals surface area contributed by atoms with Crippen LogP contribution in [-0.4, -0.2) is 35.1 Å². The molecule has 0 aliphatic heterocycles. The lowest BCUT2D eigenvalue weighted by atomic mass is 9.85. The van der Waals surface area contributed by atoms with E-state index in [1.54, 1.807) is 6.92 Å². The summed E-state index contributed by atoms with van der Waals surface area (Å²) >= 11 is 0. The molecule has 0 aromatic heterocycles. The van der Waals surface area contributed by atoms with E-state index in [4.69, 9.17) is 5.11 Å². The number of hydrogen-bond acceptors (Lipinski definition) is 2. The highest BCUT2D eigenvalue weighted by molar-refractivity contribution is 5.70. The molecule has 0 radical (unpaired) electrons. The summed E-state index contributed by atoms with van der Waals surface area (Å²) in [5.74, 6) is -1.06. The van der Waals surface area contributed by atoms with Gasteiger partial charge in [-0.25, -0.2) is 0 Å². The van der Waals surface area contributed by atoms with Crippen molar-refractivity contribution >= 4 is 5.97 Å². The van der Waals surface area contributed by atoms with E-state index in [2.05, 4.69) is 32.6 Å². The Bertz CT molecular complexity index is 220. The zero-order valence-corrected chi connectivity index (χ0v) is 11.0. The van der Waals surface area contributed by atoms with Gasteiger partial charge in [-0.2, -0.15) is 0 Å². The second-order valence-corrected chi connectivity index (χ2v) is 5.57. The Hall–Kier alpha value is -0.570. The second-order valence-electron chi connectivity index (χ2n) is 5.57. The SMILES string of the molecule is CC(C(=O)O)C(C)N(C)C(C)C(C)(C)C. The molecule has 3 heteroatoms. The lowest BCUT2D eigenvalue weighted by Gasteiger charge is -2.40. The Kier molecular flexibility index (Phi) is 4.78. The van der Waals surface area contributed by atoms with E-state index >= 15 is 0 Å². The van der Waals surface area contributed by atoms with Crippen LogP contribution in [0.5, 0.6) is 0 Å². The standard InChI is InChI=1S/C12H25NO2/c1-8(11(14)15)9(2)13(7)10(3)12(4,5)6/h8-10H,1-7H3,(H,14,15). The van der Waals surface area contributed by atoms with Crippen LogP contribution < -0.4 is 0 Å². The summed E-state index contributed by atoms with van der Waals surface area (Å²) in [5, 5.41) is 8.96. The summed E-state index contributed by atoms with van der Waals surface area (Å²) in [6.45, 7) is 12.4. The first-order chi connectivity index (χ1) is 6.59. The van der Waals surface area contributed by atoms with Crippen molar-refractivity contribution in [1.82, 2.24) is 4.90 Å². The lowest BCUT2D eigenvalue weighted by molar-refractivity contribution is -0.143. The minimum absolute atomic E-state index is 0.0525. The highest BCUT2D eigenvalue weighted by Gasteiger charge is 2.31. The number of carbonyl (C=O) groups is 1. The van der Waals surface area contributed by atoms with Gasteiger partial charge in [-0.05, 0) is 26.3 Å². The number of aliphatic carboxylic acids is 1. The van der Waals surface area contributed by atoms with E-state index in [1.807, 2.05) is 14.0 Å². The third-order valence-electron chi connectivity index (χ3n) is 3.62. The molecule has 0 saturated heterocycles. The third kappa shape index (κ3) is 3.82. The number of rotatable bonds is 4. The first kappa shape index (κ1) is 14.4. The van der Waals surface area contributed by atoms with Gasteiger partial charge in [0.2, 0.25) is 0 Å². The lowest BCUT2D eigenvalue weighted by Crippen LogP contribution is -2.47. The summed E-state index contributed by atoms with van der Waals surface area (Å²) in [5.41, 5.74) is 0.168. The molecule has 0 aromatic carbocycles. The Morgan fingerprint density at radius 3 is 1.87 bits per heavy atom. The van der Waals surface area contributed by atoms with Gasteiger partial charge in [-0.3, -0.25) is 9.69 Å². The van der Waals surface area contributed by atoms with E-state index in [1.165, 1.54) is 0 Å². The first-order valence-electron chi connectivity index (χ1n) is 5.53. The van der Waals surface area contributed by atoms with E-state index in [-0.39, 0.29) is 17.4 Å². The van der Waals surface area contributed by atoms with Crippen molar-refractivity contribution in [2.75, 3.05) is 7.05 Å². The maximum Gasteiger partial charge on any atom is 0.307 e. The van der Waals surface area contributed by atoms with Gasteiger partial charge in [0.05, 0.1) is 5.92 Å². The van der Waals surface area contributed by atoms with Crippen LogP contribution in [0.1, 0.15) is 41.5 Å². The molecule has 0 fully saturated rings. The molecule has 0 bridgehead atoms. The highest BCUT2D eigenvalue weighted by atomic mass is 16.4. The third-order valence-corrected chi connectivity index (χ3v) is 3.62. The number of nitrogens with zero attached hydrogens (tertiary/aromatic N) is 1. The van der Waals surface area contributed by atoms with Crippen molar-refractivity contribution in [3.8, 4) is 0 Å². The van der Waals surface area contributed by atoms with Crippen LogP contribution in [0.25, 0.3) is 0 Å². The molecule has 0 saturated carbocycles. The minimum Gasteiger partial charge on any atom is -0.481 e. The predicted octanol–water partition coefficient (Wildman–Crippen LogP) is 2.46. The Balaban J connectivity index is 4.57. The minimum atomic E-state index is -0.726. The fourth-order valence-electron chi connectivity index (χ4n) is 1.52. The molecular formula is C12H25NO2. The highest BCUT2D eigenvalue weighted by Crippen LogP contribution is 2.26. The molecule has 0 amide bonds. The van der Waals surface area contributed by atoms with Crippen molar-refractivity contribution in [2.24, 2.45) is 11.3 Å². The molecular weight excluding hydrogens is 190 g/mol. The van der Waals surface area contributed by atoms with Crippen LogP contribution in [0.3, 0.4) is 0 Å². The summed E-state index contributed by atoms with van der Waals surface area (Å²) in [6, 6.07) is 0.408. The molecule has 15 heavy (non-hydrogen) atoms. The molecule has 0 aromatic rings. The van der Waals surface area contributed by atoms with E-state index in [0.29, 0.717) is 6.04 Å². The predicted molar refractivity (Wildman–Crippen MR) is 62.9 cm³/mol. The molecule has 0 rings (SSSR count). The molecule has 3 atom stereocenters. The van der Waals surface area contributed by atoms with E-state index < -0.39 is 5.97 Å². The average Bonchev–Trinajstić information content (AvgIpc) is 2.11. The van der Waals surface area contributed by atoms with Crippen molar-refractivity contribution in [3.05, 3.63) is 0 Å². The number of hydrogen-bond donors (Lipinski definition) is 1. The van der Waals surface area contributed by atoms with E-state index in [0.717, 1.165) is 0 Å². The molecule has 1 N–H and O–H groups in total. The monoisotopic (exact) mass is 215 g/mol. The summed E-state index contributed by atoms with van der Waals surface area (Å²) in [7, 11) is 2.00. The second kappa shape index (κ2) is 4.97. The van der Waals surface area contributed by atoms with Gasteiger partial charge in [0.25, 0.3) is 0 Å². The molecule has 0 aliphatic carbocycles. The maximum absolute atomic E-state index is 10.9. The van der Waals surface area contributed by atoms with E-state index in [9.17, 15) is 4.79 Å². The van der Waals surface area contributed by atoms with Gasteiger partial charge < -0.3 is 5.11 Å². The van der Waals surface area contributed by atoms with Crippen molar-refractivity contribution in [3.63, 3.8) is 0 Å². The van der Waals surface area contributed by atoms with Crippen molar-refractivity contribution < 1.29 is 9.90 Å². The van der Waals surface area contributed by atoms with Gasteiger partial charge >= 0.3 is 5.97 Å². The van der Waals surface area contributed by atoms with Crippen LogP contribution >= 0.6 is 0 Å². The van der Waals surface area contributed by atoms with Gasteiger partial charge in [0, 0.05) is 12.1 Å². The largest absolute Gasteiger partial charge is 0.481 e. The molecule has 3 unspecified atom stereocenters. The fraction of sp³-hybridized carbons (Fsp3) is 0.917. The number of carboxylic acids is 1. The van der Waals surface area contributed by atoms with Crippen molar-refractivity contribution in [2.45, 2.75) is 53.6 Å². The van der Waals surface area contributed by atoms with Gasteiger partial charge in [0.15, 0.2) is 0 Å². The molecule has 3 nitrogen and oxygen atoms in total. The topological polar surface area (TPSA) is 40.5 Å². The smallest absolute Gasteiger partial charge is 0.307 e. The molecule has 90 valence electrons. The fourth-order valence-corrected chi connectivity index (χ4v) is 1.52. The zero-order valence-electron chi connectivity index (χ0n) is 11.0. The zero-order chi connectivity index (χ0) is 12.4. The summed E-state index contributed by atoms with van der Waals surface area (Å²) < 4.78 is 0. The Labute approximate surface area is 93.5 Å². The van der Waals surface area contributed by atoms with Gasteiger partial charge in [0.1, 0.15) is 0 Å². The molecule has 0 heterocycles. The van der Waals surface area contributed by atoms with Crippen LogP contribution in [0.4, 0.5) is 0 Å². The Morgan fingerprint density at radius 1 is 1.20 bits per heavy atom. The Morgan fingerprint density at radius 2 is 1.60 bits per heavy atom. The molecule has 0 aliphatic rings. The molecule has 0 spiro atoms. The van der Waals surface area contributed by atoms with Crippen molar-refractivity contribution in [1.29, 1.82) is 0 Å². The van der Waals surface area contributed by atoms with Crippen LogP contribution in [0.2, 0.25) is 0 Å². The first-order valence-corrected chi connectivity index (χ1v) is 5.53. The summed E-state index contributed by atoms with van der Waals surface area (Å²) in [4.78, 5) is 13.0. The summed E-state index contributed by atoms with van der Waals surface area (Å²) in [6.07, 6.45) is 0. The quantitative estimate of drug-likeness (QED) is 0.783. The van der Waals surface area contributed by atoms with Gasteiger partial charge in [-0.15, -0.1) is 0 Å². The normalized spacial score (nSPS) is 18.7. The number of carboxylic acid groups (broad SMARTS) is 1. The van der Waals surface area contributed by atoms with Crippen LogP contribution in [0, 0.1) is 11.3 Å². The van der Waals surface area contributed by atoms with Crippen LogP contribution in [-0.2, 0) is 4.79 Å². The van der Waals surface area contributed by atoms with Gasteiger partial charge in [-0.1, -0.05) is 27.7 Å². The average molecular weight is 215 g/mol. The van der Waals surface area contributed by atoms with Crippen LogP contribution in [0.15, 0.2) is 0 Å².